The number of carbonyl (C=O) groups is 1. The molecule has 0 aliphatic heterocycles. The Morgan fingerprint density at radius 2 is 2.33 bits per heavy atom. The Morgan fingerprint density at radius 3 is 2.33 bits per heavy atom. The molecule has 0 rings (SSSR count). The molecule has 1 atom stereocenters. The zero-order valence-corrected chi connectivity index (χ0v) is 5.89. The second kappa shape index (κ2) is 5.47. The Bertz CT molecular complexity index is 64.0. The smallest absolute Gasteiger partial charge is 0.550 e. The molecule has 0 radical (unpaired) electrons. The molecule has 0 bridgehead atoms. The van der Waals surface area contributed by atoms with E-state index in [-0.39, 0.29) is 29.6 Å². The largest absolute Gasteiger partial charge is 1.00 e. The van der Waals surface area contributed by atoms with E-state index in [1.54, 1.807) is 0 Å². The van der Waals surface area contributed by atoms with Crippen LogP contribution in [0.5, 0.6) is 0 Å². The third kappa shape index (κ3) is 8.82. The Hall–Kier alpha value is 0.470. The van der Waals surface area contributed by atoms with Crippen molar-refractivity contribution in [1.29, 1.82) is 0 Å². The number of hydrogen-bond donors (Lipinski definition) is 0. The number of hydrogen-bond acceptors (Lipinski definition) is 2. The first-order valence-electron chi connectivity index (χ1n) is 1.85. The fraction of sp³-hybridized carbons (Fsp3) is 0.667. The molecule has 2 nitrogen and oxygen atoms in total. The van der Waals surface area contributed by atoms with E-state index in [0.717, 1.165) is 0 Å². The first-order chi connectivity index (χ1) is 2.64. The van der Waals surface area contributed by atoms with Crippen LogP contribution in [0.25, 0.3) is 0 Å². The molecule has 3 heteroatoms. The van der Waals surface area contributed by atoms with Crippen LogP contribution in [0.3, 0.4) is 0 Å². The van der Waals surface area contributed by atoms with Gasteiger partial charge in [-0.3, -0.25) is 0 Å². The van der Waals surface area contributed by atoms with E-state index in [1.807, 2.05) is 0 Å². The normalized spacial score (nSPS) is 13.8. The van der Waals surface area contributed by atoms with Crippen LogP contribution in [0.15, 0.2) is 0 Å². The molecule has 0 N–H and O–H groups in total. The molecule has 0 aromatic heterocycles. The van der Waals surface area contributed by atoms with Gasteiger partial charge in [-0.25, -0.2) is 0 Å². The van der Waals surface area contributed by atoms with Crippen molar-refractivity contribution in [3.8, 4) is 0 Å². The first kappa shape index (κ1) is 6.47. The number of carbonyl (C=O) groups excluding carboxylic acids is 1. The zero-order valence-electron chi connectivity index (χ0n) is 4.89. The maximum Gasteiger partial charge on any atom is 1.00 e. The molecule has 0 saturated carbocycles. The Labute approximate surface area is 60.2 Å². The average molecular weight is 97.1 g/mol. The van der Waals surface area contributed by atoms with Crippen molar-refractivity contribution in [3.05, 3.63) is 0 Å². The first-order valence-corrected chi connectivity index (χ1v) is 1.27. The van der Waals surface area contributed by atoms with E-state index in [2.05, 4.69) is 0 Å². The van der Waals surface area contributed by atoms with Gasteiger partial charge in [0.15, 0.2) is 0 Å². The summed E-state index contributed by atoms with van der Waals surface area (Å²) in [6.45, 7) is 1.25. The standard InChI is InChI=1S/C3H6O2.Na/c1-2-3(4)5;/h2H2,1H3,(H,4,5);/q;+1/p-1/i2D;/t2-;/m0./s1. The van der Waals surface area contributed by atoms with Crippen molar-refractivity contribution < 1.29 is 40.8 Å². The van der Waals surface area contributed by atoms with E-state index in [9.17, 15) is 9.90 Å². The van der Waals surface area contributed by atoms with Crippen LogP contribution in [0.4, 0.5) is 0 Å². The van der Waals surface area contributed by atoms with Crippen LogP contribution in [0.1, 0.15) is 14.7 Å². The summed E-state index contributed by atoms with van der Waals surface area (Å²) in [5.41, 5.74) is 0. The van der Waals surface area contributed by atoms with Gasteiger partial charge in [-0.05, 0) is 6.40 Å². The van der Waals surface area contributed by atoms with Crippen LogP contribution in [0, 0.1) is 0 Å². The van der Waals surface area contributed by atoms with E-state index >= 15 is 0 Å². The van der Waals surface area contributed by atoms with Crippen molar-refractivity contribution in [3.63, 3.8) is 0 Å². The molecule has 0 unspecified atom stereocenters. The molecule has 30 valence electrons. The second-order valence-corrected chi connectivity index (χ2v) is 0.608. The van der Waals surface area contributed by atoms with E-state index in [0.29, 0.717) is 0 Å². The molecule has 6 heavy (non-hydrogen) atoms. The molecule has 0 heterocycles. The zero-order chi connectivity index (χ0) is 5.15. The van der Waals surface area contributed by atoms with Gasteiger partial charge in [0.05, 0.1) is 0 Å². The third-order valence-electron chi connectivity index (χ3n) is 0.236. The van der Waals surface area contributed by atoms with Gasteiger partial charge in [0, 0.05) is 7.34 Å². The van der Waals surface area contributed by atoms with Crippen LogP contribution in [0.2, 0.25) is 0 Å². The quantitative estimate of drug-likeness (QED) is 0.314. The fourth-order valence-corrected chi connectivity index (χ4v) is 0. The second-order valence-electron chi connectivity index (χ2n) is 0.608. The minimum atomic E-state index is -1.32. The molecule has 0 aliphatic carbocycles. The van der Waals surface area contributed by atoms with Gasteiger partial charge in [0.25, 0.3) is 0 Å². The third-order valence-corrected chi connectivity index (χ3v) is 0.236. The van der Waals surface area contributed by atoms with Gasteiger partial charge >= 0.3 is 29.6 Å². The van der Waals surface area contributed by atoms with Crippen molar-refractivity contribution >= 4 is 5.97 Å². The summed E-state index contributed by atoms with van der Waals surface area (Å²) in [6, 6.07) is 0. The molecule has 0 spiro atoms. The van der Waals surface area contributed by atoms with Gasteiger partial charge in [0.1, 0.15) is 0 Å². The Morgan fingerprint density at radius 1 is 2.17 bits per heavy atom. The number of carboxylic acids is 1. The van der Waals surface area contributed by atoms with Crippen molar-refractivity contribution in [2.75, 3.05) is 0 Å². The minimum absolute atomic E-state index is 0. The van der Waals surface area contributed by atoms with Gasteiger partial charge in [-0.1, -0.05) is 6.92 Å². The molecule has 0 aromatic carbocycles. The summed E-state index contributed by atoms with van der Waals surface area (Å²) < 4.78 is 6.37. The van der Waals surface area contributed by atoms with Crippen molar-refractivity contribution in [1.82, 2.24) is 0 Å². The van der Waals surface area contributed by atoms with Crippen molar-refractivity contribution in [2.24, 2.45) is 0 Å². The predicted octanol–water partition coefficient (Wildman–Crippen LogP) is -3.85. The van der Waals surface area contributed by atoms with Gasteiger partial charge in [-0.15, -0.1) is 0 Å². The molecule has 0 fully saturated rings. The Balaban J connectivity index is 0. The maximum absolute atomic E-state index is 9.40. The average Bonchev–Trinajstić information content (AvgIpc) is 1.36. The number of aliphatic carboxylic acids is 1. The van der Waals surface area contributed by atoms with Gasteiger partial charge in [0.2, 0.25) is 0 Å². The topological polar surface area (TPSA) is 40.1 Å². The summed E-state index contributed by atoms with van der Waals surface area (Å²) in [4.78, 5) is 9.40. The minimum Gasteiger partial charge on any atom is -0.550 e. The molecular weight excluding hydrogens is 91.0 g/mol. The monoisotopic (exact) mass is 97.0 g/mol. The number of carboxylic acid groups (broad SMARTS) is 1. The number of rotatable bonds is 1. The van der Waals surface area contributed by atoms with Gasteiger partial charge in [-0.2, -0.15) is 0 Å². The molecule has 0 saturated heterocycles. The molecule has 0 aromatic rings. The van der Waals surface area contributed by atoms with Crippen molar-refractivity contribution in [2.45, 2.75) is 13.3 Å². The summed E-state index contributed by atoms with van der Waals surface area (Å²) in [7, 11) is 0. The van der Waals surface area contributed by atoms with Gasteiger partial charge < -0.3 is 9.90 Å². The van der Waals surface area contributed by atoms with Crippen LogP contribution < -0.4 is 34.7 Å². The van der Waals surface area contributed by atoms with E-state index < -0.39 is 12.4 Å². The van der Waals surface area contributed by atoms with Crippen LogP contribution in [-0.2, 0) is 4.79 Å². The summed E-state index contributed by atoms with van der Waals surface area (Å²) in [5.74, 6) is -1.32. The summed E-state index contributed by atoms with van der Waals surface area (Å²) >= 11 is 0. The Kier molecular flexibility index (Phi) is 5.90. The molecule has 0 amide bonds. The van der Waals surface area contributed by atoms with E-state index in [4.69, 9.17) is 1.37 Å². The molecule has 0 aliphatic rings. The van der Waals surface area contributed by atoms with Crippen LogP contribution >= 0.6 is 0 Å². The SMILES string of the molecule is [2H][C@@H](C)C(=O)[O-].[Na+]. The fourth-order valence-electron chi connectivity index (χ4n) is 0. The summed E-state index contributed by atoms with van der Waals surface area (Å²) in [6.07, 6.45) is -1.09. The molecular formula is C3H5NaO2. The predicted molar refractivity (Wildman–Crippen MR) is 15.3 cm³/mol. The van der Waals surface area contributed by atoms with E-state index in [1.165, 1.54) is 6.92 Å². The maximum atomic E-state index is 9.40. The summed E-state index contributed by atoms with van der Waals surface area (Å²) in [5, 5.41) is 9.40. The van der Waals surface area contributed by atoms with Crippen LogP contribution in [-0.4, -0.2) is 5.97 Å².